The second-order valence-electron chi connectivity index (χ2n) is 6.12. The van der Waals surface area contributed by atoms with Crippen LogP contribution in [0.5, 0.6) is 5.75 Å². The lowest BCUT2D eigenvalue weighted by molar-refractivity contribution is -0.121. The average Bonchev–Trinajstić information content (AvgIpc) is 3.02. The smallest absolute Gasteiger partial charge is 0.220 e. The number of nitrogens with zero attached hydrogens (tertiary/aromatic N) is 1. The Kier molecular flexibility index (Phi) is 5.33. The zero-order valence-corrected chi connectivity index (χ0v) is 14.6. The first kappa shape index (κ1) is 17.0. The maximum Gasteiger partial charge on any atom is 0.220 e. The minimum Gasteiger partial charge on any atom is -0.491 e. The fourth-order valence-corrected chi connectivity index (χ4v) is 2.81. The highest BCUT2D eigenvalue weighted by Crippen LogP contribution is 2.21. The molecule has 0 spiro atoms. The largest absolute Gasteiger partial charge is 0.491 e. The predicted molar refractivity (Wildman–Crippen MR) is 98.8 cm³/mol. The summed E-state index contributed by atoms with van der Waals surface area (Å²) >= 11 is 0. The number of ether oxygens (including phenoxy) is 1. The number of rotatable bonds is 7. The molecule has 5 nitrogen and oxygen atoms in total. The normalized spacial score (nSPS) is 10.8. The van der Waals surface area contributed by atoms with Crippen LogP contribution < -0.4 is 10.1 Å². The maximum absolute atomic E-state index is 12.0. The molecule has 1 heterocycles. The minimum absolute atomic E-state index is 0.00515. The van der Waals surface area contributed by atoms with Crippen molar-refractivity contribution in [2.75, 3.05) is 13.2 Å². The van der Waals surface area contributed by atoms with Crippen LogP contribution in [-0.2, 0) is 11.2 Å². The molecule has 1 aromatic heterocycles. The first-order valence-corrected chi connectivity index (χ1v) is 8.53. The van der Waals surface area contributed by atoms with Crippen LogP contribution in [-0.4, -0.2) is 29.0 Å². The first-order valence-electron chi connectivity index (χ1n) is 8.53. The van der Waals surface area contributed by atoms with Gasteiger partial charge in [-0.15, -0.1) is 0 Å². The third-order valence-electron chi connectivity index (χ3n) is 4.11. The molecule has 0 fully saturated rings. The van der Waals surface area contributed by atoms with Crippen LogP contribution in [0.25, 0.3) is 11.0 Å². The summed E-state index contributed by atoms with van der Waals surface area (Å²) in [7, 11) is 0. The van der Waals surface area contributed by atoms with E-state index in [1.165, 1.54) is 0 Å². The van der Waals surface area contributed by atoms with E-state index in [0.717, 1.165) is 33.7 Å². The Hall–Kier alpha value is -2.82. The number of aromatic nitrogens is 2. The first-order chi connectivity index (χ1) is 12.1. The van der Waals surface area contributed by atoms with E-state index in [2.05, 4.69) is 15.3 Å². The molecule has 0 saturated carbocycles. The number of H-pyrrole nitrogens is 1. The number of nitrogens with one attached hydrogen (secondary N) is 2. The van der Waals surface area contributed by atoms with Gasteiger partial charge in [-0.3, -0.25) is 4.79 Å². The zero-order valence-electron chi connectivity index (χ0n) is 14.6. The van der Waals surface area contributed by atoms with Gasteiger partial charge < -0.3 is 15.0 Å². The van der Waals surface area contributed by atoms with Crippen molar-refractivity contribution in [3.05, 3.63) is 59.4 Å². The van der Waals surface area contributed by atoms with Gasteiger partial charge in [0.05, 0.1) is 17.6 Å². The number of aromatic amines is 1. The molecule has 25 heavy (non-hydrogen) atoms. The third kappa shape index (κ3) is 4.38. The van der Waals surface area contributed by atoms with Crippen molar-refractivity contribution in [1.82, 2.24) is 15.3 Å². The van der Waals surface area contributed by atoms with E-state index in [-0.39, 0.29) is 5.91 Å². The Morgan fingerprint density at radius 2 is 1.88 bits per heavy atom. The molecule has 3 rings (SSSR count). The lowest BCUT2D eigenvalue weighted by Gasteiger charge is -2.12. The molecule has 1 amide bonds. The van der Waals surface area contributed by atoms with Crippen molar-refractivity contribution < 1.29 is 9.53 Å². The molecule has 0 aliphatic heterocycles. The van der Waals surface area contributed by atoms with E-state index < -0.39 is 0 Å². The Morgan fingerprint density at radius 3 is 2.64 bits per heavy atom. The summed E-state index contributed by atoms with van der Waals surface area (Å²) in [4.78, 5) is 19.7. The molecule has 3 aromatic rings. The summed E-state index contributed by atoms with van der Waals surface area (Å²) in [6, 6.07) is 13.9. The van der Waals surface area contributed by atoms with Crippen LogP contribution >= 0.6 is 0 Å². The predicted octanol–water partition coefficient (Wildman–Crippen LogP) is 3.31. The van der Waals surface area contributed by atoms with Crippen molar-refractivity contribution in [3.8, 4) is 5.75 Å². The summed E-state index contributed by atoms with van der Waals surface area (Å²) < 4.78 is 5.79. The van der Waals surface area contributed by atoms with Gasteiger partial charge in [0.2, 0.25) is 5.91 Å². The molecule has 2 aromatic carbocycles. The van der Waals surface area contributed by atoms with E-state index in [9.17, 15) is 4.79 Å². The molecule has 0 unspecified atom stereocenters. The second-order valence-corrected chi connectivity index (χ2v) is 6.12. The van der Waals surface area contributed by atoms with Crippen molar-refractivity contribution in [2.24, 2.45) is 0 Å². The van der Waals surface area contributed by atoms with E-state index in [1.54, 1.807) is 0 Å². The standard InChI is InChI=1S/C20H23N3O2/c1-14-6-5-7-15(2)20(14)25-13-12-21-19(24)11-10-18-22-16-8-3-4-9-17(16)23-18/h3-9H,10-13H2,1-2H3,(H,21,24)(H,22,23). The van der Waals surface area contributed by atoms with Crippen molar-refractivity contribution in [3.63, 3.8) is 0 Å². The monoisotopic (exact) mass is 337 g/mol. The van der Waals surface area contributed by atoms with Gasteiger partial charge in [0.1, 0.15) is 18.2 Å². The summed E-state index contributed by atoms with van der Waals surface area (Å²) in [5.41, 5.74) is 4.15. The third-order valence-corrected chi connectivity index (χ3v) is 4.11. The Labute approximate surface area is 147 Å². The molecule has 130 valence electrons. The quantitative estimate of drug-likeness (QED) is 0.650. The van der Waals surface area contributed by atoms with Gasteiger partial charge in [0, 0.05) is 12.8 Å². The Morgan fingerprint density at radius 1 is 1.12 bits per heavy atom. The van der Waals surface area contributed by atoms with E-state index in [4.69, 9.17) is 4.74 Å². The van der Waals surface area contributed by atoms with E-state index in [1.807, 2.05) is 56.3 Å². The SMILES string of the molecule is Cc1cccc(C)c1OCCNC(=O)CCc1nc2ccccc2[nH]1. The van der Waals surface area contributed by atoms with Crippen LogP contribution in [0.3, 0.4) is 0 Å². The summed E-state index contributed by atoms with van der Waals surface area (Å²) in [6.45, 7) is 5.00. The number of amides is 1. The van der Waals surface area contributed by atoms with Crippen LogP contribution in [0.1, 0.15) is 23.4 Å². The summed E-state index contributed by atoms with van der Waals surface area (Å²) in [6.07, 6.45) is 1.00. The number of fused-ring (bicyclic) bond motifs is 1. The number of para-hydroxylation sites is 3. The number of imidazole rings is 1. The summed E-state index contributed by atoms with van der Waals surface area (Å²) in [5.74, 6) is 1.74. The highest BCUT2D eigenvalue weighted by Gasteiger charge is 2.07. The van der Waals surface area contributed by atoms with Gasteiger partial charge in [-0.05, 0) is 37.1 Å². The Bertz CT molecular complexity index is 817. The topological polar surface area (TPSA) is 67.0 Å². The highest BCUT2D eigenvalue weighted by molar-refractivity contribution is 5.77. The number of hydrogen-bond acceptors (Lipinski definition) is 3. The molecule has 2 N–H and O–H groups in total. The Balaban J connectivity index is 1.41. The highest BCUT2D eigenvalue weighted by atomic mass is 16.5. The van der Waals surface area contributed by atoms with Gasteiger partial charge in [-0.1, -0.05) is 30.3 Å². The van der Waals surface area contributed by atoms with Crippen LogP contribution in [0, 0.1) is 13.8 Å². The minimum atomic E-state index is 0.00515. The van der Waals surface area contributed by atoms with Gasteiger partial charge in [0.15, 0.2) is 0 Å². The van der Waals surface area contributed by atoms with Crippen molar-refractivity contribution >= 4 is 16.9 Å². The van der Waals surface area contributed by atoms with Gasteiger partial charge in [-0.25, -0.2) is 4.98 Å². The molecular weight excluding hydrogens is 314 g/mol. The lowest BCUT2D eigenvalue weighted by atomic mass is 10.1. The molecule has 0 bridgehead atoms. The molecule has 0 aliphatic carbocycles. The van der Waals surface area contributed by atoms with Crippen molar-refractivity contribution in [2.45, 2.75) is 26.7 Å². The molecule has 0 atom stereocenters. The summed E-state index contributed by atoms with van der Waals surface area (Å²) in [5, 5.41) is 2.89. The second kappa shape index (κ2) is 7.83. The molecule has 5 heteroatoms. The van der Waals surface area contributed by atoms with E-state index in [0.29, 0.717) is 26.0 Å². The number of hydrogen-bond donors (Lipinski definition) is 2. The number of carbonyl (C=O) groups excluding carboxylic acids is 1. The zero-order chi connectivity index (χ0) is 17.6. The number of aryl methyl sites for hydroxylation is 3. The van der Waals surface area contributed by atoms with Crippen LogP contribution in [0.2, 0.25) is 0 Å². The molecule has 0 radical (unpaired) electrons. The lowest BCUT2D eigenvalue weighted by Crippen LogP contribution is -2.28. The fourth-order valence-electron chi connectivity index (χ4n) is 2.81. The molecule has 0 saturated heterocycles. The molecule has 0 aliphatic rings. The van der Waals surface area contributed by atoms with Gasteiger partial charge in [-0.2, -0.15) is 0 Å². The average molecular weight is 337 g/mol. The number of benzene rings is 2. The fraction of sp³-hybridized carbons (Fsp3) is 0.300. The molecular formula is C20H23N3O2. The van der Waals surface area contributed by atoms with Crippen LogP contribution in [0.15, 0.2) is 42.5 Å². The van der Waals surface area contributed by atoms with E-state index >= 15 is 0 Å². The maximum atomic E-state index is 12.0. The number of carbonyl (C=O) groups is 1. The van der Waals surface area contributed by atoms with Gasteiger partial charge >= 0.3 is 0 Å². The van der Waals surface area contributed by atoms with Crippen LogP contribution in [0.4, 0.5) is 0 Å². The van der Waals surface area contributed by atoms with Gasteiger partial charge in [0.25, 0.3) is 0 Å². The van der Waals surface area contributed by atoms with Crippen molar-refractivity contribution in [1.29, 1.82) is 0 Å².